The van der Waals surface area contributed by atoms with Crippen LogP contribution >= 0.6 is 11.6 Å². The summed E-state index contributed by atoms with van der Waals surface area (Å²) in [6.45, 7) is 9.76. The van der Waals surface area contributed by atoms with Gasteiger partial charge in [-0.15, -0.1) is 11.6 Å². The molecule has 1 aromatic heterocycles. The number of hydrogen-bond donors (Lipinski definition) is 0. The summed E-state index contributed by atoms with van der Waals surface area (Å²) in [5.41, 5.74) is 4.43. The van der Waals surface area contributed by atoms with Crippen molar-refractivity contribution in [2.24, 2.45) is 7.05 Å². The third-order valence-corrected chi connectivity index (χ3v) is 4.95. The van der Waals surface area contributed by atoms with Crippen LogP contribution < -0.4 is 0 Å². The van der Waals surface area contributed by atoms with Crippen molar-refractivity contribution in [1.29, 1.82) is 5.26 Å². The highest BCUT2D eigenvalue weighted by molar-refractivity contribution is 6.18. The number of halogens is 1. The molecule has 1 heterocycles. The highest BCUT2D eigenvalue weighted by Gasteiger charge is 2.22. The summed E-state index contributed by atoms with van der Waals surface area (Å²) in [7, 11) is 1.77. The van der Waals surface area contributed by atoms with Crippen LogP contribution in [0.25, 0.3) is 11.3 Å². The van der Waals surface area contributed by atoms with Crippen LogP contribution in [0.3, 0.4) is 0 Å². The Morgan fingerprint density at radius 3 is 2.29 bits per heavy atom. The molecule has 7 nitrogen and oxygen atoms in total. The van der Waals surface area contributed by atoms with Gasteiger partial charge in [0, 0.05) is 12.6 Å². The zero-order valence-corrected chi connectivity index (χ0v) is 19.5. The Morgan fingerprint density at radius 2 is 1.81 bits per heavy atom. The van der Waals surface area contributed by atoms with Crippen molar-refractivity contribution in [2.45, 2.75) is 40.0 Å². The Kier molecular flexibility index (Phi) is 8.12. The first-order chi connectivity index (χ1) is 14.6. The van der Waals surface area contributed by atoms with Gasteiger partial charge < -0.3 is 14.2 Å². The SMILES string of the molecule is Cc1nn(C)c(/C(OCOC(=O)OCCCl)=C(\C#N)c2ccc(C(C)(C)C)cc2)c1C. The first-order valence-electron chi connectivity index (χ1n) is 9.84. The quantitative estimate of drug-likeness (QED) is 0.194. The molecule has 0 N–H and O–H groups in total. The minimum Gasteiger partial charge on any atom is -0.454 e. The Hall–Kier alpha value is -2.98. The fourth-order valence-corrected chi connectivity index (χ4v) is 3.10. The minimum atomic E-state index is -0.897. The number of carbonyl (C=O) groups excluding carboxylic acids is 1. The number of nitrogens with zero attached hydrogens (tertiary/aromatic N) is 3. The molecular formula is C23H28ClN3O4. The highest BCUT2D eigenvalue weighted by Crippen LogP contribution is 2.31. The van der Waals surface area contributed by atoms with Crippen LogP contribution in [-0.4, -0.2) is 35.2 Å². The second-order valence-corrected chi connectivity index (χ2v) is 8.40. The van der Waals surface area contributed by atoms with E-state index < -0.39 is 12.9 Å². The Balaban J connectivity index is 2.47. The summed E-state index contributed by atoms with van der Waals surface area (Å²) in [5, 5.41) is 14.4. The maximum atomic E-state index is 11.6. The van der Waals surface area contributed by atoms with Crippen molar-refractivity contribution in [3.05, 3.63) is 52.3 Å². The van der Waals surface area contributed by atoms with E-state index in [1.807, 2.05) is 38.1 Å². The van der Waals surface area contributed by atoms with Crippen LogP contribution in [0.1, 0.15) is 48.8 Å². The van der Waals surface area contributed by atoms with Crippen LogP contribution in [0, 0.1) is 25.2 Å². The molecule has 0 radical (unpaired) electrons. The van der Waals surface area contributed by atoms with E-state index in [4.69, 9.17) is 25.8 Å². The van der Waals surface area contributed by atoms with Crippen LogP contribution in [0.15, 0.2) is 24.3 Å². The van der Waals surface area contributed by atoms with Gasteiger partial charge in [0.05, 0.1) is 11.6 Å². The minimum absolute atomic E-state index is 0.0125. The molecule has 166 valence electrons. The first-order valence-corrected chi connectivity index (χ1v) is 10.4. The summed E-state index contributed by atoms with van der Waals surface area (Å²) in [5.74, 6) is 0.439. The lowest BCUT2D eigenvalue weighted by Gasteiger charge is -2.19. The lowest BCUT2D eigenvalue weighted by atomic mass is 9.86. The molecule has 0 atom stereocenters. The lowest BCUT2D eigenvalue weighted by molar-refractivity contribution is -0.00344. The van der Waals surface area contributed by atoms with Crippen molar-refractivity contribution in [3.8, 4) is 6.07 Å². The molecule has 0 saturated heterocycles. The van der Waals surface area contributed by atoms with Crippen LogP contribution in [0.4, 0.5) is 4.79 Å². The largest absolute Gasteiger partial charge is 0.511 e. The van der Waals surface area contributed by atoms with Crippen LogP contribution in [0.5, 0.6) is 0 Å². The summed E-state index contributed by atoms with van der Waals surface area (Å²) in [6.07, 6.45) is -0.897. The van der Waals surface area contributed by atoms with Gasteiger partial charge in [0.25, 0.3) is 0 Å². The molecule has 0 unspecified atom stereocenters. The van der Waals surface area contributed by atoms with Gasteiger partial charge in [-0.3, -0.25) is 4.68 Å². The second-order valence-electron chi connectivity index (χ2n) is 8.02. The Labute approximate surface area is 188 Å². The molecule has 0 bridgehead atoms. The second kappa shape index (κ2) is 10.4. The molecule has 0 saturated carbocycles. The van der Waals surface area contributed by atoms with Gasteiger partial charge in [-0.05, 0) is 30.4 Å². The third kappa shape index (κ3) is 6.02. The van der Waals surface area contributed by atoms with E-state index in [9.17, 15) is 10.1 Å². The number of benzene rings is 1. The normalized spacial score (nSPS) is 12.1. The topological polar surface area (TPSA) is 86.4 Å². The van der Waals surface area contributed by atoms with Crippen molar-refractivity contribution < 1.29 is 19.0 Å². The van der Waals surface area contributed by atoms with E-state index in [2.05, 4.69) is 31.9 Å². The van der Waals surface area contributed by atoms with E-state index >= 15 is 0 Å². The number of aromatic nitrogens is 2. The highest BCUT2D eigenvalue weighted by atomic mass is 35.5. The van der Waals surface area contributed by atoms with Crippen molar-refractivity contribution in [2.75, 3.05) is 19.3 Å². The van der Waals surface area contributed by atoms with Gasteiger partial charge in [0.2, 0.25) is 6.79 Å². The Bertz CT molecular complexity index is 996. The van der Waals surface area contributed by atoms with Crippen LogP contribution in [-0.2, 0) is 26.7 Å². The molecular weight excluding hydrogens is 418 g/mol. The van der Waals surface area contributed by atoms with E-state index in [1.165, 1.54) is 0 Å². The van der Waals surface area contributed by atoms with Gasteiger partial charge in [0.15, 0.2) is 5.76 Å². The fraction of sp³-hybridized carbons (Fsp3) is 0.435. The van der Waals surface area contributed by atoms with Crippen LogP contribution in [0.2, 0.25) is 0 Å². The number of rotatable bonds is 7. The fourth-order valence-electron chi connectivity index (χ4n) is 3.02. The van der Waals surface area contributed by atoms with E-state index in [-0.39, 0.29) is 23.7 Å². The van der Waals surface area contributed by atoms with E-state index in [0.717, 1.165) is 16.8 Å². The average molecular weight is 446 g/mol. The number of allylic oxidation sites excluding steroid dienone is 1. The zero-order valence-electron chi connectivity index (χ0n) is 18.8. The molecule has 0 aliphatic rings. The zero-order chi connectivity index (χ0) is 23.2. The molecule has 31 heavy (non-hydrogen) atoms. The molecule has 0 amide bonds. The summed E-state index contributed by atoms with van der Waals surface area (Å²) < 4.78 is 17.2. The van der Waals surface area contributed by atoms with Gasteiger partial charge in [-0.1, -0.05) is 45.0 Å². The predicted octanol–water partition coefficient (Wildman–Crippen LogP) is 5.09. The van der Waals surface area contributed by atoms with E-state index in [0.29, 0.717) is 16.8 Å². The van der Waals surface area contributed by atoms with Crippen molar-refractivity contribution >= 4 is 29.1 Å². The summed E-state index contributed by atoms with van der Waals surface area (Å²) >= 11 is 5.50. The molecule has 0 aliphatic carbocycles. The third-order valence-electron chi connectivity index (χ3n) is 4.79. The molecule has 2 aromatic rings. The van der Waals surface area contributed by atoms with Crippen molar-refractivity contribution in [3.63, 3.8) is 0 Å². The molecule has 1 aromatic carbocycles. The van der Waals surface area contributed by atoms with E-state index in [1.54, 1.807) is 11.7 Å². The summed E-state index contributed by atoms with van der Waals surface area (Å²) in [4.78, 5) is 11.6. The standard InChI is InChI=1S/C23H28ClN3O4/c1-15-16(2)26-27(6)20(15)21(30-14-31-22(28)29-12-11-24)19(13-25)17-7-9-18(10-8-17)23(3,4)5/h7-10H,11-12,14H2,1-6H3/b21-19-. The molecule has 8 heteroatoms. The predicted molar refractivity (Wildman–Crippen MR) is 119 cm³/mol. The summed E-state index contributed by atoms with van der Waals surface area (Å²) in [6, 6.07) is 9.99. The first kappa shape index (κ1) is 24.3. The smallest absolute Gasteiger partial charge is 0.454 e. The number of alkyl halides is 1. The molecule has 0 spiro atoms. The Morgan fingerprint density at radius 1 is 1.16 bits per heavy atom. The lowest BCUT2D eigenvalue weighted by Crippen LogP contribution is -2.13. The van der Waals surface area contributed by atoms with Gasteiger partial charge in [0.1, 0.15) is 23.9 Å². The van der Waals surface area contributed by atoms with Crippen molar-refractivity contribution in [1.82, 2.24) is 9.78 Å². The number of hydrogen-bond acceptors (Lipinski definition) is 6. The maximum absolute atomic E-state index is 11.6. The monoisotopic (exact) mass is 445 g/mol. The molecule has 0 fully saturated rings. The van der Waals surface area contributed by atoms with Gasteiger partial charge >= 0.3 is 6.16 Å². The number of ether oxygens (including phenoxy) is 3. The molecule has 2 rings (SSSR count). The number of nitriles is 1. The van der Waals surface area contributed by atoms with Gasteiger partial charge in [-0.25, -0.2) is 4.79 Å². The maximum Gasteiger partial charge on any atom is 0.511 e. The number of carbonyl (C=O) groups is 1. The van der Waals surface area contributed by atoms with Gasteiger partial charge in [-0.2, -0.15) is 10.4 Å². The number of aryl methyl sites for hydroxylation is 2. The molecule has 0 aliphatic heterocycles. The average Bonchev–Trinajstić information content (AvgIpc) is 2.97.